The third kappa shape index (κ3) is 6.18. The summed E-state index contributed by atoms with van der Waals surface area (Å²) in [7, 11) is 0. The van der Waals surface area contributed by atoms with Gasteiger partial charge in [0, 0.05) is 29.7 Å². The van der Waals surface area contributed by atoms with Crippen molar-refractivity contribution < 1.29 is 34.3 Å². The molecule has 30 heavy (non-hydrogen) atoms. The molecule has 2 bridgehead atoms. The van der Waals surface area contributed by atoms with Crippen molar-refractivity contribution in [2.24, 2.45) is 5.92 Å². The van der Waals surface area contributed by atoms with Gasteiger partial charge in [0.05, 0.1) is 6.61 Å². The van der Waals surface area contributed by atoms with E-state index in [0.29, 0.717) is 19.3 Å². The molecule has 7 heteroatoms. The van der Waals surface area contributed by atoms with E-state index < -0.39 is 0 Å². The fourth-order valence-corrected chi connectivity index (χ4v) is 4.46. The van der Waals surface area contributed by atoms with Crippen LogP contribution in [-0.4, -0.2) is 37.2 Å². The molecule has 3 aliphatic heterocycles. The van der Waals surface area contributed by atoms with E-state index in [1.807, 2.05) is 37.3 Å². The number of piperidine rings is 3. The van der Waals surface area contributed by atoms with E-state index in [-0.39, 0.29) is 24.8 Å². The minimum Gasteiger partial charge on any atom is -1.00 e. The smallest absolute Gasteiger partial charge is 0.161 e. The zero-order valence-corrected chi connectivity index (χ0v) is 19.5. The SMILES string of the molecule is CCOc1cc(CNC2CN3CCC2CC3)ccc1OCc1ccccc1Cl.[Cl-].[Cl-]. The highest BCUT2D eigenvalue weighted by molar-refractivity contribution is 6.31. The first-order valence-corrected chi connectivity index (χ1v) is 10.7. The number of benzene rings is 2. The summed E-state index contributed by atoms with van der Waals surface area (Å²) >= 11 is 6.24. The van der Waals surface area contributed by atoms with Crippen LogP contribution in [0.4, 0.5) is 0 Å². The molecular weight excluding hydrogens is 443 g/mol. The van der Waals surface area contributed by atoms with Crippen LogP contribution in [0.15, 0.2) is 42.5 Å². The van der Waals surface area contributed by atoms with Crippen LogP contribution in [0.25, 0.3) is 0 Å². The van der Waals surface area contributed by atoms with Gasteiger partial charge >= 0.3 is 0 Å². The molecule has 3 aliphatic rings. The summed E-state index contributed by atoms with van der Waals surface area (Å²) in [5.41, 5.74) is 2.20. The Balaban J connectivity index is 0.00000160. The topological polar surface area (TPSA) is 33.7 Å². The van der Waals surface area contributed by atoms with Gasteiger partial charge in [0.2, 0.25) is 0 Å². The Morgan fingerprint density at radius 1 is 1.03 bits per heavy atom. The van der Waals surface area contributed by atoms with Crippen LogP contribution in [0, 0.1) is 5.92 Å². The molecule has 3 heterocycles. The van der Waals surface area contributed by atoms with Crippen LogP contribution in [-0.2, 0) is 13.2 Å². The molecule has 0 saturated carbocycles. The van der Waals surface area contributed by atoms with Crippen molar-refractivity contribution in [1.29, 1.82) is 0 Å². The number of hydrogen-bond donors (Lipinski definition) is 1. The normalized spacial score (nSPS) is 22.0. The van der Waals surface area contributed by atoms with Crippen LogP contribution in [0.5, 0.6) is 11.5 Å². The fourth-order valence-electron chi connectivity index (χ4n) is 4.27. The van der Waals surface area contributed by atoms with E-state index in [2.05, 4.69) is 22.3 Å². The van der Waals surface area contributed by atoms with E-state index in [1.165, 1.54) is 38.0 Å². The molecule has 0 amide bonds. The van der Waals surface area contributed by atoms with Gasteiger partial charge in [0.1, 0.15) is 6.61 Å². The highest BCUT2D eigenvalue weighted by Crippen LogP contribution is 2.31. The monoisotopic (exact) mass is 470 g/mol. The molecule has 0 aliphatic carbocycles. The quantitative estimate of drug-likeness (QED) is 0.509. The van der Waals surface area contributed by atoms with Gasteiger partial charge in [-0.15, -0.1) is 0 Å². The molecule has 1 unspecified atom stereocenters. The number of ether oxygens (including phenoxy) is 2. The van der Waals surface area contributed by atoms with Crippen LogP contribution < -0.4 is 39.6 Å². The van der Waals surface area contributed by atoms with Crippen molar-refractivity contribution in [1.82, 2.24) is 10.2 Å². The maximum Gasteiger partial charge on any atom is 0.161 e. The lowest BCUT2D eigenvalue weighted by atomic mass is 9.84. The molecule has 3 saturated heterocycles. The standard InChI is InChI=1S/C23H29ClN2O2.2ClH/c1-2-27-23-13-17(14-25-21-15-26-11-9-18(21)10-12-26)7-8-22(23)28-16-19-5-3-4-6-20(19)24;;/h3-8,13,18,21,25H,2,9-12,14-16H2,1H3;2*1H/p-2. The summed E-state index contributed by atoms with van der Waals surface area (Å²) in [4.78, 5) is 2.58. The summed E-state index contributed by atoms with van der Waals surface area (Å²) in [6.45, 7) is 7.62. The van der Waals surface area contributed by atoms with Gasteiger partial charge in [-0.2, -0.15) is 0 Å². The molecule has 3 fully saturated rings. The predicted molar refractivity (Wildman–Crippen MR) is 113 cm³/mol. The van der Waals surface area contributed by atoms with E-state index in [1.54, 1.807) is 0 Å². The molecule has 5 rings (SSSR count). The molecule has 0 aromatic heterocycles. The number of fused-ring (bicyclic) bond motifs is 3. The predicted octanol–water partition coefficient (Wildman–Crippen LogP) is -1.49. The van der Waals surface area contributed by atoms with E-state index in [0.717, 1.165) is 34.5 Å². The zero-order valence-electron chi connectivity index (χ0n) is 17.3. The maximum atomic E-state index is 6.24. The van der Waals surface area contributed by atoms with Crippen LogP contribution in [0.2, 0.25) is 5.02 Å². The van der Waals surface area contributed by atoms with Crippen molar-refractivity contribution in [3.8, 4) is 11.5 Å². The minimum atomic E-state index is 0. The number of rotatable bonds is 8. The number of nitrogens with one attached hydrogen (secondary N) is 1. The first-order chi connectivity index (χ1) is 13.7. The molecule has 0 spiro atoms. The third-order valence-corrected chi connectivity index (χ3v) is 6.24. The summed E-state index contributed by atoms with van der Waals surface area (Å²) < 4.78 is 11.9. The lowest BCUT2D eigenvalue weighted by molar-refractivity contribution is -0.00100. The van der Waals surface area contributed by atoms with Gasteiger partial charge in [-0.3, -0.25) is 0 Å². The van der Waals surface area contributed by atoms with Crippen LogP contribution >= 0.6 is 11.6 Å². The zero-order chi connectivity index (χ0) is 19.3. The van der Waals surface area contributed by atoms with Gasteiger partial charge in [-0.25, -0.2) is 0 Å². The van der Waals surface area contributed by atoms with Crippen molar-refractivity contribution in [2.75, 3.05) is 26.2 Å². The largest absolute Gasteiger partial charge is 1.00 e. The highest BCUT2D eigenvalue weighted by atomic mass is 35.5. The summed E-state index contributed by atoms with van der Waals surface area (Å²) in [5, 5.41) is 4.49. The van der Waals surface area contributed by atoms with Gasteiger partial charge in [-0.1, -0.05) is 35.9 Å². The Morgan fingerprint density at radius 2 is 1.80 bits per heavy atom. The molecule has 2 aromatic carbocycles. The summed E-state index contributed by atoms with van der Waals surface area (Å²) in [5.74, 6) is 2.38. The van der Waals surface area contributed by atoms with Gasteiger partial charge in [0.15, 0.2) is 11.5 Å². The molecular formula is C23H29Cl3N2O2-2. The van der Waals surface area contributed by atoms with Gasteiger partial charge in [-0.05, 0) is 62.5 Å². The Morgan fingerprint density at radius 3 is 2.47 bits per heavy atom. The Bertz CT molecular complexity index is 798. The highest BCUT2D eigenvalue weighted by Gasteiger charge is 2.33. The second-order valence-electron chi connectivity index (χ2n) is 7.72. The first kappa shape index (κ1) is 25.1. The average molecular weight is 472 g/mol. The number of hydrogen-bond acceptors (Lipinski definition) is 4. The summed E-state index contributed by atoms with van der Waals surface area (Å²) in [6.07, 6.45) is 2.66. The second-order valence-corrected chi connectivity index (χ2v) is 8.13. The Kier molecular flexibility index (Phi) is 10.1. The number of halogens is 3. The second kappa shape index (κ2) is 12.0. The average Bonchev–Trinajstić information content (AvgIpc) is 2.74. The Hall–Kier alpha value is -1.17. The summed E-state index contributed by atoms with van der Waals surface area (Å²) in [6, 6.07) is 14.6. The molecule has 0 radical (unpaired) electrons. The third-order valence-electron chi connectivity index (χ3n) is 5.87. The minimum absolute atomic E-state index is 0. The first-order valence-electron chi connectivity index (χ1n) is 10.3. The molecule has 1 atom stereocenters. The molecule has 1 N–H and O–H groups in total. The van der Waals surface area contributed by atoms with E-state index in [4.69, 9.17) is 21.1 Å². The van der Waals surface area contributed by atoms with E-state index in [9.17, 15) is 0 Å². The van der Waals surface area contributed by atoms with E-state index >= 15 is 0 Å². The van der Waals surface area contributed by atoms with Crippen molar-refractivity contribution in [3.63, 3.8) is 0 Å². The van der Waals surface area contributed by atoms with Crippen molar-refractivity contribution >= 4 is 11.6 Å². The lowest BCUT2D eigenvalue weighted by Crippen LogP contribution is -3.00. The van der Waals surface area contributed by atoms with Crippen LogP contribution in [0.1, 0.15) is 30.9 Å². The molecule has 2 aromatic rings. The lowest BCUT2D eigenvalue weighted by Gasteiger charge is -2.45. The van der Waals surface area contributed by atoms with Crippen molar-refractivity contribution in [2.45, 2.75) is 39.0 Å². The maximum absolute atomic E-state index is 6.24. The van der Waals surface area contributed by atoms with Gasteiger partial charge in [0.25, 0.3) is 0 Å². The van der Waals surface area contributed by atoms with Crippen molar-refractivity contribution in [3.05, 3.63) is 58.6 Å². The fraction of sp³-hybridized carbons (Fsp3) is 0.478. The molecule has 4 nitrogen and oxygen atoms in total. The Labute approximate surface area is 197 Å². The number of nitrogens with zero attached hydrogens (tertiary/aromatic N) is 1. The van der Waals surface area contributed by atoms with Crippen LogP contribution in [0.3, 0.4) is 0 Å². The molecule has 166 valence electrons. The van der Waals surface area contributed by atoms with Gasteiger partial charge < -0.3 is 44.5 Å².